The van der Waals surface area contributed by atoms with Gasteiger partial charge in [0.25, 0.3) is 0 Å². The predicted octanol–water partition coefficient (Wildman–Crippen LogP) is 3.02. The van der Waals surface area contributed by atoms with Crippen LogP contribution in [0.4, 0.5) is 10.6 Å². The number of amides is 3. The molecule has 1 fully saturated rings. The summed E-state index contributed by atoms with van der Waals surface area (Å²) in [5.41, 5.74) is 1.52. The van der Waals surface area contributed by atoms with Crippen molar-refractivity contribution in [2.24, 2.45) is 0 Å². The normalized spacial score (nSPS) is 13.2. The molecule has 0 spiro atoms. The molecule has 0 radical (unpaired) electrons. The number of rotatable bonds is 10. The van der Waals surface area contributed by atoms with E-state index in [2.05, 4.69) is 20.4 Å². The summed E-state index contributed by atoms with van der Waals surface area (Å²) in [5, 5.41) is 11.7. The zero-order valence-electron chi connectivity index (χ0n) is 22.1. The summed E-state index contributed by atoms with van der Waals surface area (Å²) in [6, 6.07) is 12.7. The third kappa shape index (κ3) is 6.53. The highest BCUT2D eigenvalue weighted by atomic mass is 16.5. The summed E-state index contributed by atoms with van der Waals surface area (Å²) in [7, 11) is 3.21. The van der Waals surface area contributed by atoms with Gasteiger partial charge in [0.1, 0.15) is 23.8 Å². The molecule has 0 aliphatic carbocycles. The van der Waals surface area contributed by atoms with Gasteiger partial charge in [-0.3, -0.25) is 4.79 Å². The molecule has 11 heteroatoms. The number of carbonyl (C=O) groups excluding carboxylic acids is 2. The second-order valence-corrected chi connectivity index (χ2v) is 8.88. The van der Waals surface area contributed by atoms with E-state index in [1.807, 2.05) is 37.3 Å². The van der Waals surface area contributed by atoms with Gasteiger partial charge in [0.15, 0.2) is 5.82 Å². The lowest BCUT2D eigenvalue weighted by atomic mass is 10.1. The summed E-state index contributed by atoms with van der Waals surface area (Å²) in [5.74, 6) is 2.63. The fraction of sp³-hybridized carbons (Fsp3) is 0.407. The van der Waals surface area contributed by atoms with Crippen LogP contribution in [0.5, 0.6) is 11.5 Å². The van der Waals surface area contributed by atoms with Crippen molar-refractivity contribution in [3.63, 3.8) is 0 Å². The number of nitrogens with zero attached hydrogens (tertiary/aromatic N) is 5. The molecule has 1 aromatic carbocycles. The van der Waals surface area contributed by atoms with Crippen LogP contribution in [0.2, 0.25) is 0 Å². The van der Waals surface area contributed by atoms with Crippen molar-refractivity contribution in [1.29, 1.82) is 0 Å². The molecule has 3 amide bonds. The Balaban J connectivity index is 1.35. The highest BCUT2D eigenvalue weighted by Gasteiger charge is 2.26. The minimum atomic E-state index is -0.279. The zero-order valence-corrected chi connectivity index (χ0v) is 22.1. The second kappa shape index (κ2) is 12.8. The Morgan fingerprint density at radius 1 is 1.05 bits per heavy atom. The molecule has 11 nitrogen and oxygen atoms in total. The molecule has 202 valence electrons. The van der Waals surface area contributed by atoms with Gasteiger partial charge in [0.2, 0.25) is 5.91 Å². The number of benzene rings is 1. The maximum atomic E-state index is 13.1. The summed E-state index contributed by atoms with van der Waals surface area (Å²) >= 11 is 0. The number of anilines is 1. The number of hydrogen-bond donors (Lipinski definition) is 1. The molecule has 1 aliphatic heterocycles. The average molecular weight is 523 g/mol. The number of hydrogen-bond acceptors (Lipinski definition) is 8. The maximum Gasteiger partial charge on any atom is 0.318 e. The molecule has 1 saturated heterocycles. The van der Waals surface area contributed by atoms with Crippen LogP contribution >= 0.6 is 0 Å². The van der Waals surface area contributed by atoms with Gasteiger partial charge >= 0.3 is 6.03 Å². The molecule has 3 heterocycles. The molecule has 4 rings (SSSR count). The zero-order chi connectivity index (χ0) is 26.9. The van der Waals surface area contributed by atoms with Crippen molar-refractivity contribution in [2.75, 3.05) is 58.4 Å². The summed E-state index contributed by atoms with van der Waals surface area (Å²) in [4.78, 5) is 31.1. The van der Waals surface area contributed by atoms with Crippen LogP contribution in [-0.2, 0) is 11.3 Å². The molecule has 2 aromatic heterocycles. The molecule has 38 heavy (non-hydrogen) atoms. The first-order chi connectivity index (χ1) is 18.5. The van der Waals surface area contributed by atoms with Crippen LogP contribution in [0.3, 0.4) is 0 Å². The van der Waals surface area contributed by atoms with Crippen LogP contribution in [0.15, 0.2) is 53.1 Å². The van der Waals surface area contributed by atoms with Gasteiger partial charge in [0, 0.05) is 44.4 Å². The molecular weight excluding hydrogens is 488 g/mol. The Bertz CT molecular complexity index is 1190. The number of furan rings is 1. The SMILES string of the molecule is CCCNC(=O)N(CC(=O)N1CCN(c2ccc(-c3ccc(OC)cc3OC)nn2)CC1)Cc1ccco1. The van der Waals surface area contributed by atoms with Crippen molar-refractivity contribution < 1.29 is 23.5 Å². The highest BCUT2D eigenvalue weighted by Crippen LogP contribution is 2.32. The predicted molar refractivity (Wildman–Crippen MR) is 142 cm³/mol. The van der Waals surface area contributed by atoms with Crippen molar-refractivity contribution in [1.82, 2.24) is 25.3 Å². The van der Waals surface area contributed by atoms with Gasteiger partial charge in [-0.1, -0.05) is 6.92 Å². The topological polar surface area (TPSA) is 113 Å². The Morgan fingerprint density at radius 3 is 2.50 bits per heavy atom. The standard InChI is InChI=1S/C27H34N6O5/c1-4-11-28-27(35)33(18-21-6-5-16-38-21)19-26(34)32-14-12-31(13-15-32)25-10-9-23(29-30-25)22-8-7-20(36-2)17-24(22)37-3/h5-10,16-17H,4,11-15,18-19H2,1-3H3,(H,28,35). The van der Waals surface area contributed by atoms with Gasteiger partial charge in [-0.25, -0.2) is 4.79 Å². The smallest absolute Gasteiger partial charge is 0.318 e. The number of urea groups is 1. The van der Waals surface area contributed by atoms with Crippen molar-refractivity contribution in [3.8, 4) is 22.8 Å². The van der Waals surface area contributed by atoms with E-state index in [1.54, 1.807) is 37.5 Å². The van der Waals surface area contributed by atoms with E-state index in [0.29, 0.717) is 55.7 Å². The van der Waals surface area contributed by atoms with E-state index in [-0.39, 0.29) is 25.0 Å². The number of carbonyl (C=O) groups is 2. The third-order valence-corrected chi connectivity index (χ3v) is 6.36. The van der Waals surface area contributed by atoms with Gasteiger partial charge < -0.3 is 33.9 Å². The Hall–Kier alpha value is -4.28. The number of piperazine rings is 1. The first kappa shape index (κ1) is 26.8. The van der Waals surface area contributed by atoms with E-state index >= 15 is 0 Å². The minimum Gasteiger partial charge on any atom is -0.497 e. The fourth-order valence-electron chi connectivity index (χ4n) is 4.23. The van der Waals surface area contributed by atoms with Crippen molar-refractivity contribution in [2.45, 2.75) is 19.9 Å². The lowest BCUT2D eigenvalue weighted by Crippen LogP contribution is -2.53. The average Bonchev–Trinajstić information content (AvgIpc) is 3.48. The quantitative estimate of drug-likeness (QED) is 0.432. The van der Waals surface area contributed by atoms with E-state index in [1.165, 1.54) is 4.90 Å². The number of methoxy groups -OCH3 is 2. The molecular formula is C27H34N6O5. The molecule has 1 aliphatic rings. The molecule has 1 N–H and O–H groups in total. The highest BCUT2D eigenvalue weighted by molar-refractivity contribution is 5.84. The first-order valence-corrected chi connectivity index (χ1v) is 12.7. The van der Waals surface area contributed by atoms with Crippen LogP contribution in [0.25, 0.3) is 11.3 Å². The van der Waals surface area contributed by atoms with Gasteiger partial charge in [-0.05, 0) is 42.8 Å². The third-order valence-electron chi connectivity index (χ3n) is 6.36. The number of nitrogens with one attached hydrogen (secondary N) is 1. The van der Waals surface area contributed by atoms with E-state index in [9.17, 15) is 9.59 Å². The first-order valence-electron chi connectivity index (χ1n) is 12.7. The Labute approximate surface area is 222 Å². The van der Waals surface area contributed by atoms with Gasteiger partial charge in [0.05, 0.1) is 32.7 Å². The number of ether oxygens (including phenoxy) is 2. The summed E-state index contributed by atoms with van der Waals surface area (Å²) in [6.07, 6.45) is 2.37. The van der Waals surface area contributed by atoms with E-state index < -0.39 is 0 Å². The second-order valence-electron chi connectivity index (χ2n) is 8.88. The van der Waals surface area contributed by atoms with Crippen molar-refractivity contribution >= 4 is 17.8 Å². The lowest BCUT2D eigenvalue weighted by Gasteiger charge is -2.36. The maximum absolute atomic E-state index is 13.1. The Kier molecular flexibility index (Phi) is 9.02. The van der Waals surface area contributed by atoms with Crippen LogP contribution in [0.1, 0.15) is 19.1 Å². The fourth-order valence-corrected chi connectivity index (χ4v) is 4.23. The van der Waals surface area contributed by atoms with E-state index in [0.717, 1.165) is 17.8 Å². The van der Waals surface area contributed by atoms with Crippen molar-refractivity contribution in [3.05, 3.63) is 54.5 Å². The molecule has 0 saturated carbocycles. The molecule has 0 bridgehead atoms. The lowest BCUT2D eigenvalue weighted by molar-refractivity contribution is -0.132. The Morgan fingerprint density at radius 2 is 1.87 bits per heavy atom. The molecule has 3 aromatic rings. The van der Waals surface area contributed by atoms with Crippen LogP contribution < -0.4 is 19.7 Å². The molecule has 0 atom stereocenters. The monoisotopic (exact) mass is 522 g/mol. The van der Waals surface area contributed by atoms with E-state index in [4.69, 9.17) is 13.9 Å². The summed E-state index contributed by atoms with van der Waals surface area (Å²) < 4.78 is 16.1. The van der Waals surface area contributed by atoms with Gasteiger partial charge in [-0.2, -0.15) is 0 Å². The minimum absolute atomic E-state index is 0.0194. The largest absolute Gasteiger partial charge is 0.497 e. The van der Waals surface area contributed by atoms with Gasteiger partial charge in [-0.15, -0.1) is 10.2 Å². The molecule has 0 unspecified atom stereocenters. The van der Waals surface area contributed by atoms with Crippen LogP contribution in [0, 0.1) is 0 Å². The van der Waals surface area contributed by atoms with Crippen LogP contribution in [-0.4, -0.2) is 85.4 Å². The summed E-state index contributed by atoms with van der Waals surface area (Å²) in [6.45, 7) is 5.03. The number of aromatic nitrogens is 2.